The van der Waals surface area contributed by atoms with Crippen molar-refractivity contribution < 1.29 is 0 Å². The Morgan fingerprint density at radius 3 is 2.31 bits per heavy atom. The fourth-order valence-corrected chi connectivity index (χ4v) is 1.98. The van der Waals surface area contributed by atoms with Crippen LogP contribution in [0.1, 0.15) is 58.8 Å². The maximum absolute atomic E-state index is 2.61. The van der Waals surface area contributed by atoms with E-state index in [2.05, 4.69) is 18.7 Å². The lowest BCUT2D eigenvalue weighted by molar-refractivity contribution is 0.464. The van der Waals surface area contributed by atoms with Gasteiger partial charge in [0, 0.05) is 12.6 Å². The average molecular weight is 183 g/mol. The molecule has 2 atom stereocenters. The Balaban J connectivity index is 1.75. The first kappa shape index (κ1) is 11.0. The van der Waals surface area contributed by atoms with Crippen molar-refractivity contribution in [3.63, 3.8) is 0 Å². The van der Waals surface area contributed by atoms with Gasteiger partial charge in [0.05, 0.1) is 0 Å². The molecule has 1 rings (SSSR count). The molecule has 0 amide bonds. The molecule has 1 saturated heterocycles. The minimum absolute atomic E-state index is 0.954. The lowest BCUT2D eigenvalue weighted by atomic mass is 10.1. The summed E-state index contributed by atoms with van der Waals surface area (Å²) in [4.78, 5) is 2.61. The third-order valence-corrected chi connectivity index (χ3v) is 3.10. The van der Waals surface area contributed by atoms with E-state index >= 15 is 0 Å². The monoisotopic (exact) mass is 183 g/mol. The highest BCUT2D eigenvalue weighted by Crippen LogP contribution is 2.20. The zero-order chi connectivity index (χ0) is 9.52. The first-order chi connectivity index (χ1) is 6.38. The van der Waals surface area contributed by atoms with Crippen LogP contribution in [-0.4, -0.2) is 24.0 Å². The highest BCUT2D eigenvalue weighted by molar-refractivity contribution is 4.87. The molecule has 0 aromatic rings. The molecule has 0 saturated carbocycles. The Bertz CT molecular complexity index is 122. The van der Waals surface area contributed by atoms with Gasteiger partial charge < -0.3 is 0 Å². The maximum atomic E-state index is 2.61. The van der Waals surface area contributed by atoms with Crippen molar-refractivity contribution in [2.75, 3.05) is 13.1 Å². The molecule has 0 aliphatic carbocycles. The van der Waals surface area contributed by atoms with Crippen molar-refractivity contribution in [3.8, 4) is 0 Å². The Kier molecular flexibility index (Phi) is 5.45. The first-order valence-electron chi connectivity index (χ1n) is 6.12. The zero-order valence-electron chi connectivity index (χ0n) is 9.39. The van der Waals surface area contributed by atoms with Crippen LogP contribution in [0.15, 0.2) is 0 Å². The molecule has 1 fully saturated rings. The van der Waals surface area contributed by atoms with E-state index in [1.165, 1.54) is 58.0 Å². The molecule has 1 aliphatic heterocycles. The summed E-state index contributed by atoms with van der Waals surface area (Å²) in [5.74, 6) is 0. The molecular formula is C12H25N. The van der Waals surface area contributed by atoms with Gasteiger partial charge in [-0.25, -0.2) is 0 Å². The lowest BCUT2D eigenvalue weighted by Gasteiger charge is -2.02. The molecule has 0 N–H and O–H groups in total. The van der Waals surface area contributed by atoms with Crippen molar-refractivity contribution in [2.45, 2.75) is 64.8 Å². The van der Waals surface area contributed by atoms with Crippen LogP contribution in [-0.2, 0) is 0 Å². The zero-order valence-corrected chi connectivity index (χ0v) is 9.39. The third-order valence-electron chi connectivity index (χ3n) is 3.10. The Hall–Kier alpha value is -0.0400. The van der Waals surface area contributed by atoms with Gasteiger partial charge in [0.25, 0.3) is 0 Å². The summed E-state index contributed by atoms with van der Waals surface area (Å²) >= 11 is 0. The van der Waals surface area contributed by atoms with Gasteiger partial charge in [-0.05, 0) is 19.4 Å². The number of hydrogen-bond acceptors (Lipinski definition) is 1. The molecule has 1 heteroatoms. The Morgan fingerprint density at radius 2 is 1.69 bits per heavy atom. The number of hydrogen-bond donors (Lipinski definition) is 0. The van der Waals surface area contributed by atoms with Crippen LogP contribution in [0.4, 0.5) is 0 Å². The van der Waals surface area contributed by atoms with Crippen LogP contribution in [0.3, 0.4) is 0 Å². The van der Waals surface area contributed by atoms with E-state index in [9.17, 15) is 0 Å². The normalized spacial score (nSPS) is 26.3. The van der Waals surface area contributed by atoms with Crippen LogP contribution in [0.5, 0.6) is 0 Å². The van der Waals surface area contributed by atoms with E-state index in [-0.39, 0.29) is 0 Å². The van der Waals surface area contributed by atoms with Crippen molar-refractivity contribution in [1.29, 1.82) is 0 Å². The number of unbranched alkanes of at least 4 members (excludes halogenated alkanes) is 5. The molecule has 1 heterocycles. The van der Waals surface area contributed by atoms with Gasteiger partial charge in [0.2, 0.25) is 0 Å². The molecule has 1 nitrogen and oxygen atoms in total. The third kappa shape index (κ3) is 4.66. The highest BCUT2D eigenvalue weighted by atomic mass is 15.3. The molecule has 0 spiro atoms. The maximum Gasteiger partial charge on any atom is 0.0221 e. The Morgan fingerprint density at radius 1 is 1.00 bits per heavy atom. The molecule has 0 bridgehead atoms. The van der Waals surface area contributed by atoms with Gasteiger partial charge in [0.15, 0.2) is 0 Å². The summed E-state index contributed by atoms with van der Waals surface area (Å²) in [5.41, 5.74) is 0. The highest BCUT2D eigenvalue weighted by Gasteiger charge is 2.30. The Labute approximate surface area is 83.5 Å². The second-order valence-electron chi connectivity index (χ2n) is 4.32. The van der Waals surface area contributed by atoms with Crippen molar-refractivity contribution >= 4 is 0 Å². The average Bonchev–Trinajstić information content (AvgIpc) is 2.90. The first-order valence-corrected chi connectivity index (χ1v) is 6.12. The molecule has 78 valence electrons. The fraction of sp³-hybridized carbons (Fsp3) is 1.00. The van der Waals surface area contributed by atoms with Crippen molar-refractivity contribution in [3.05, 3.63) is 0 Å². The predicted octanol–water partition coefficient (Wildman–Crippen LogP) is 3.44. The van der Waals surface area contributed by atoms with E-state index in [4.69, 9.17) is 0 Å². The molecule has 0 aromatic heterocycles. The second kappa shape index (κ2) is 6.42. The molecule has 0 radical (unpaired) electrons. The minimum Gasteiger partial charge on any atom is -0.298 e. The van der Waals surface area contributed by atoms with Gasteiger partial charge in [-0.1, -0.05) is 46.0 Å². The quantitative estimate of drug-likeness (QED) is 0.411. The van der Waals surface area contributed by atoms with Gasteiger partial charge in [-0.15, -0.1) is 0 Å². The lowest BCUT2D eigenvalue weighted by Crippen LogP contribution is -2.03. The van der Waals surface area contributed by atoms with Crippen molar-refractivity contribution in [1.82, 2.24) is 4.90 Å². The van der Waals surface area contributed by atoms with Crippen LogP contribution >= 0.6 is 0 Å². The predicted molar refractivity (Wildman–Crippen MR) is 59.0 cm³/mol. The van der Waals surface area contributed by atoms with E-state index in [0.29, 0.717) is 0 Å². The summed E-state index contributed by atoms with van der Waals surface area (Å²) in [5, 5.41) is 0. The van der Waals surface area contributed by atoms with E-state index in [1.54, 1.807) is 0 Å². The van der Waals surface area contributed by atoms with Gasteiger partial charge in [-0.3, -0.25) is 4.90 Å². The van der Waals surface area contributed by atoms with Gasteiger partial charge in [-0.2, -0.15) is 0 Å². The summed E-state index contributed by atoms with van der Waals surface area (Å²) in [6.07, 6.45) is 9.94. The van der Waals surface area contributed by atoms with Crippen LogP contribution in [0.25, 0.3) is 0 Å². The standard InChI is InChI=1S/C12H25N/c1-3-5-6-7-8-9-10-13-11-12(13)4-2/h12H,3-11H2,1-2H3. The van der Waals surface area contributed by atoms with Crippen LogP contribution in [0.2, 0.25) is 0 Å². The number of nitrogens with zero attached hydrogens (tertiary/aromatic N) is 1. The SMILES string of the molecule is CCCCCCCCN1CC1CC. The topological polar surface area (TPSA) is 3.01 Å². The largest absolute Gasteiger partial charge is 0.298 e. The van der Waals surface area contributed by atoms with E-state index < -0.39 is 0 Å². The summed E-state index contributed by atoms with van der Waals surface area (Å²) in [6.45, 7) is 7.32. The summed E-state index contributed by atoms with van der Waals surface area (Å²) in [7, 11) is 0. The summed E-state index contributed by atoms with van der Waals surface area (Å²) < 4.78 is 0. The second-order valence-corrected chi connectivity index (χ2v) is 4.32. The molecular weight excluding hydrogens is 158 g/mol. The van der Waals surface area contributed by atoms with Crippen LogP contribution < -0.4 is 0 Å². The van der Waals surface area contributed by atoms with E-state index in [0.717, 1.165) is 6.04 Å². The number of rotatable bonds is 8. The van der Waals surface area contributed by atoms with Crippen molar-refractivity contribution in [2.24, 2.45) is 0 Å². The fourth-order valence-electron chi connectivity index (χ4n) is 1.98. The smallest absolute Gasteiger partial charge is 0.0221 e. The van der Waals surface area contributed by atoms with E-state index in [1.807, 2.05) is 0 Å². The van der Waals surface area contributed by atoms with Crippen LogP contribution in [0, 0.1) is 0 Å². The molecule has 2 unspecified atom stereocenters. The molecule has 13 heavy (non-hydrogen) atoms. The summed E-state index contributed by atoms with van der Waals surface area (Å²) in [6, 6.07) is 0.954. The molecule has 1 aliphatic rings. The van der Waals surface area contributed by atoms with Gasteiger partial charge in [0.1, 0.15) is 0 Å². The minimum atomic E-state index is 0.954. The van der Waals surface area contributed by atoms with Gasteiger partial charge >= 0.3 is 0 Å². The molecule has 0 aromatic carbocycles.